The van der Waals surface area contributed by atoms with Gasteiger partial charge in [0.05, 0.1) is 6.54 Å². The maximum absolute atomic E-state index is 13.7. The number of pyridine rings is 1. The van der Waals surface area contributed by atoms with E-state index >= 15 is 0 Å². The van der Waals surface area contributed by atoms with Crippen LogP contribution in [0.3, 0.4) is 0 Å². The fraction of sp³-hybridized carbons (Fsp3) is 0.267. The van der Waals surface area contributed by atoms with Crippen LogP contribution in [0, 0.1) is 5.82 Å². The van der Waals surface area contributed by atoms with Crippen molar-refractivity contribution in [1.29, 1.82) is 0 Å². The van der Waals surface area contributed by atoms with E-state index in [1.54, 1.807) is 18.3 Å². The van der Waals surface area contributed by atoms with Gasteiger partial charge in [-0.1, -0.05) is 37.6 Å². The van der Waals surface area contributed by atoms with Gasteiger partial charge in [-0.25, -0.2) is 4.39 Å². The summed E-state index contributed by atoms with van der Waals surface area (Å²) in [5.41, 5.74) is 1.36. The Labute approximate surface area is 116 Å². The molecule has 0 aliphatic heterocycles. The zero-order chi connectivity index (χ0) is 14.0. The highest BCUT2D eigenvalue weighted by Crippen LogP contribution is 2.16. The first-order chi connectivity index (χ1) is 8.97. The molecular weight excluding hydrogens is 265 g/mol. The molecule has 0 unspecified atom stereocenters. The number of benzene rings is 1. The average molecular weight is 280 g/mol. The molecule has 0 saturated heterocycles. The van der Waals surface area contributed by atoms with E-state index < -0.39 is 5.82 Å². The van der Waals surface area contributed by atoms with E-state index in [9.17, 15) is 9.18 Å². The normalized spacial score (nSPS) is 11.0. The molecule has 0 bridgehead atoms. The Balaban J connectivity index is 2.37. The summed E-state index contributed by atoms with van der Waals surface area (Å²) in [6, 6.07) is 7.81. The standard InChI is InChI=1S/C15H15ClFNO/c1-10(2)11-4-6-15(19)18(8-11)9-12-3-5-13(16)7-14(12)17/h3-8,10H,9H2,1-2H3. The van der Waals surface area contributed by atoms with Crippen LogP contribution < -0.4 is 5.56 Å². The molecule has 0 atom stereocenters. The van der Waals surface area contributed by atoms with E-state index in [1.807, 2.05) is 19.9 Å². The second kappa shape index (κ2) is 5.57. The number of hydrogen-bond donors (Lipinski definition) is 0. The van der Waals surface area contributed by atoms with Crippen molar-refractivity contribution in [2.45, 2.75) is 26.3 Å². The maximum atomic E-state index is 13.7. The van der Waals surface area contributed by atoms with Crippen molar-refractivity contribution >= 4 is 11.6 Å². The predicted molar refractivity (Wildman–Crippen MR) is 75.3 cm³/mol. The topological polar surface area (TPSA) is 22.0 Å². The minimum absolute atomic E-state index is 0.140. The van der Waals surface area contributed by atoms with Gasteiger partial charge in [0, 0.05) is 22.8 Å². The summed E-state index contributed by atoms with van der Waals surface area (Å²) in [6.07, 6.45) is 1.78. The highest BCUT2D eigenvalue weighted by atomic mass is 35.5. The van der Waals surface area contributed by atoms with Gasteiger partial charge in [0.2, 0.25) is 0 Å². The molecule has 2 rings (SSSR count). The first-order valence-corrected chi connectivity index (χ1v) is 6.49. The van der Waals surface area contributed by atoms with Gasteiger partial charge in [-0.15, -0.1) is 0 Å². The molecule has 100 valence electrons. The quantitative estimate of drug-likeness (QED) is 0.837. The Morgan fingerprint density at radius 2 is 2.00 bits per heavy atom. The molecule has 0 radical (unpaired) electrons. The lowest BCUT2D eigenvalue weighted by Gasteiger charge is -2.11. The lowest BCUT2D eigenvalue weighted by atomic mass is 10.1. The average Bonchev–Trinajstić information content (AvgIpc) is 2.34. The highest BCUT2D eigenvalue weighted by molar-refractivity contribution is 6.30. The number of aromatic nitrogens is 1. The van der Waals surface area contributed by atoms with Gasteiger partial charge in [0.25, 0.3) is 5.56 Å². The third kappa shape index (κ3) is 3.24. The van der Waals surface area contributed by atoms with Gasteiger partial charge in [-0.3, -0.25) is 4.79 Å². The van der Waals surface area contributed by atoms with Crippen molar-refractivity contribution in [2.75, 3.05) is 0 Å². The molecule has 1 aromatic carbocycles. The SMILES string of the molecule is CC(C)c1ccc(=O)n(Cc2ccc(Cl)cc2F)c1. The highest BCUT2D eigenvalue weighted by Gasteiger charge is 2.07. The van der Waals surface area contributed by atoms with Gasteiger partial charge in [0.15, 0.2) is 0 Å². The minimum atomic E-state index is -0.394. The van der Waals surface area contributed by atoms with Crippen molar-refractivity contribution in [1.82, 2.24) is 4.57 Å². The van der Waals surface area contributed by atoms with E-state index in [1.165, 1.54) is 16.7 Å². The van der Waals surface area contributed by atoms with Crippen molar-refractivity contribution in [3.05, 3.63) is 68.8 Å². The fourth-order valence-corrected chi connectivity index (χ4v) is 2.01. The number of rotatable bonds is 3. The molecule has 0 N–H and O–H groups in total. The summed E-state index contributed by atoms with van der Waals surface area (Å²) in [4.78, 5) is 11.8. The molecule has 0 amide bonds. The van der Waals surface area contributed by atoms with Crippen LogP contribution in [0.15, 0.2) is 41.3 Å². The third-order valence-electron chi connectivity index (χ3n) is 3.03. The Hall–Kier alpha value is -1.61. The summed E-state index contributed by atoms with van der Waals surface area (Å²) >= 11 is 5.71. The summed E-state index contributed by atoms with van der Waals surface area (Å²) in [5.74, 6) is -0.0729. The maximum Gasteiger partial charge on any atom is 0.250 e. The van der Waals surface area contributed by atoms with Crippen LogP contribution in [0.2, 0.25) is 5.02 Å². The number of nitrogens with zero attached hydrogens (tertiary/aromatic N) is 1. The number of halogens is 2. The smallest absolute Gasteiger partial charge is 0.250 e. The van der Waals surface area contributed by atoms with Crippen molar-refractivity contribution < 1.29 is 4.39 Å². The van der Waals surface area contributed by atoms with Crippen molar-refractivity contribution in [3.8, 4) is 0 Å². The first kappa shape index (κ1) is 13.8. The number of hydrogen-bond acceptors (Lipinski definition) is 1. The third-order valence-corrected chi connectivity index (χ3v) is 3.26. The molecule has 19 heavy (non-hydrogen) atoms. The molecule has 0 aliphatic carbocycles. The van der Waals surface area contributed by atoms with E-state index in [4.69, 9.17) is 11.6 Å². The Morgan fingerprint density at radius 3 is 2.63 bits per heavy atom. The van der Waals surface area contributed by atoms with Gasteiger partial charge in [-0.2, -0.15) is 0 Å². The second-order valence-corrected chi connectivity index (χ2v) is 5.26. The van der Waals surface area contributed by atoms with Crippen LogP contribution in [0.5, 0.6) is 0 Å². The monoisotopic (exact) mass is 279 g/mol. The van der Waals surface area contributed by atoms with Crippen molar-refractivity contribution in [3.63, 3.8) is 0 Å². The Kier molecular flexibility index (Phi) is 4.05. The summed E-state index contributed by atoms with van der Waals surface area (Å²) in [5, 5.41) is 0.351. The van der Waals surface area contributed by atoms with Crippen LogP contribution >= 0.6 is 11.6 Å². The van der Waals surface area contributed by atoms with Crippen LogP contribution in [0.1, 0.15) is 30.9 Å². The minimum Gasteiger partial charge on any atom is -0.311 e. The molecule has 1 aromatic heterocycles. The second-order valence-electron chi connectivity index (χ2n) is 4.82. The lowest BCUT2D eigenvalue weighted by molar-refractivity contribution is 0.595. The van der Waals surface area contributed by atoms with Crippen LogP contribution in [0.4, 0.5) is 4.39 Å². The van der Waals surface area contributed by atoms with Gasteiger partial charge >= 0.3 is 0 Å². The van der Waals surface area contributed by atoms with Gasteiger partial charge in [-0.05, 0) is 23.6 Å². The molecule has 0 fully saturated rings. The largest absolute Gasteiger partial charge is 0.311 e. The van der Waals surface area contributed by atoms with E-state index in [-0.39, 0.29) is 12.1 Å². The van der Waals surface area contributed by atoms with Crippen molar-refractivity contribution in [2.24, 2.45) is 0 Å². The van der Waals surface area contributed by atoms with E-state index in [0.717, 1.165) is 5.56 Å². The molecule has 0 saturated carbocycles. The van der Waals surface area contributed by atoms with E-state index in [2.05, 4.69) is 0 Å². The molecule has 0 aliphatic rings. The molecule has 2 nitrogen and oxygen atoms in total. The summed E-state index contributed by atoms with van der Waals surface area (Å²) < 4.78 is 15.2. The Bertz CT molecular complexity index is 649. The van der Waals surface area contributed by atoms with Gasteiger partial charge in [0.1, 0.15) is 5.82 Å². The molecular formula is C15H15ClFNO. The van der Waals surface area contributed by atoms with Crippen LogP contribution in [0.25, 0.3) is 0 Å². The van der Waals surface area contributed by atoms with Gasteiger partial charge < -0.3 is 4.57 Å². The fourth-order valence-electron chi connectivity index (χ4n) is 1.85. The molecule has 4 heteroatoms. The lowest BCUT2D eigenvalue weighted by Crippen LogP contribution is -2.20. The zero-order valence-corrected chi connectivity index (χ0v) is 11.6. The summed E-state index contributed by atoms with van der Waals surface area (Å²) in [6.45, 7) is 4.31. The molecule has 0 spiro atoms. The summed E-state index contributed by atoms with van der Waals surface area (Å²) in [7, 11) is 0. The Morgan fingerprint density at radius 1 is 1.26 bits per heavy atom. The van der Waals surface area contributed by atoms with E-state index in [0.29, 0.717) is 16.5 Å². The van der Waals surface area contributed by atoms with Crippen LogP contribution in [-0.4, -0.2) is 4.57 Å². The molecule has 1 heterocycles. The predicted octanol–water partition coefficient (Wildman–Crippen LogP) is 3.81. The zero-order valence-electron chi connectivity index (χ0n) is 10.9. The van der Waals surface area contributed by atoms with Crippen LogP contribution in [-0.2, 0) is 6.54 Å². The first-order valence-electron chi connectivity index (χ1n) is 6.11. The molecule has 2 aromatic rings.